The highest BCUT2D eigenvalue weighted by atomic mass is 16.5. The maximum absolute atomic E-state index is 12.3. The molecule has 0 spiro atoms. The topological polar surface area (TPSA) is 127 Å². The average Bonchev–Trinajstić information content (AvgIpc) is 3.15. The maximum atomic E-state index is 12.3. The van der Waals surface area contributed by atoms with Crippen LogP contribution in [0.1, 0.15) is 65.1 Å². The summed E-state index contributed by atoms with van der Waals surface area (Å²) in [5.41, 5.74) is 3.11. The first kappa shape index (κ1) is 22.0. The molecule has 1 aliphatic carbocycles. The molecular formula is C22H28N6O4. The van der Waals surface area contributed by atoms with Crippen LogP contribution in [-0.4, -0.2) is 49.7 Å². The standard InChI is InChI=1S/C14H19N5O3.C8H9NO/c1-19-11(6-9(18-19)8-21-2)14(20)15-13-7-10(16-17-13)12-4-3-5-22-12;10-8-5-9-4-3-7(8)6-1-2-6/h6-7,12H,3-5,8H2,1-2H3,(H2,15,16,17,20);3-6,10H,1-2H2/t12-;/m0./s1. The van der Waals surface area contributed by atoms with Crippen molar-refractivity contribution in [3.8, 4) is 5.75 Å². The number of aromatic amines is 1. The van der Waals surface area contributed by atoms with Gasteiger partial charge in [0.05, 0.1) is 30.3 Å². The van der Waals surface area contributed by atoms with E-state index in [4.69, 9.17) is 9.47 Å². The van der Waals surface area contributed by atoms with Gasteiger partial charge in [0.25, 0.3) is 5.91 Å². The van der Waals surface area contributed by atoms with Gasteiger partial charge >= 0.3 is 0 Å². The summed E-state index contributed by atoms with van der Waals surface area (Å²) in [5, 5.41) is 23.3. The fourth-order valence-corrected chi connectivity index (χ4v) is 3.66. The molecule has 0 radical (unpaired) electrons. The summed E-state index contributed by atoms with van der Waals surface area (Å²) in [4.78, 5) is 16.1. The van der Waals surface area contributed by atoms with Crippen LogP contribution in [0.25, 0.3) is 0 Å². The number of hydrogen-bond donors (Lipinski definition) is 3. The molecule has 3 N–H and O–H groups in total. The zero-order valence-corrected chi connectivity index (χ0v) is 18.2. The molecule has 2 fully saturated rings. The molecule has 5 rings (SSSR count). The van der Waals surface area contributed by atoms with Crippen molar-refractivity contribution < 1.29 is 19.4 Å². The van der Waals surface area contributed by atoms with E-state index in [0.29, 0.717) is 35.5 Å². The smallest absolute Gasteiger partial charge is 0.275 e. The number of rotatable bonds is 6. The van der Waals surface area contributed by atoms with Gasteiger partial charge < -0.3 is 19.9 Å². The van der Waals surface area contributed by atoms with Crippen LogP contribution in [0.2, 0.25) is 0 Å². The number of amides is 1. The monoisotopic (exact) mass is 440 g/mol. The van der Waals surface area contributed by atoms with E-state index in [1.807, 2.05) is 6.07 Å². The molecule has 3 aromatic heterocycles. The van der Waals surface area contributed by atoms with Crippen molar-refractivity contribution in [2.75, 3.05) is 19.0 Å². The molecule has 32 heavy (non-hydrogen) atoms. The van der Waals surface area contributed by atoms with Gasteiger partial charge in [-0.15, -0.1) is 0 Å². The minimum absolute atomic E-state index is 0.0446. The van der Waals surface area contributed by atoms with Crippen LogP contribution in [0.4, 0.5) is 5.82 Å². The third-order valence-corrected chi connectivity index (χ3v) is 5.42. The zero-order chi connectivity index (χ0) is 22.5. The lowest BCUT2D eigenvalue weighted by Gasteiger charge is -2.04. The first-order valence-corrected chi connectivity index (χ1v) is 10.7. The van der Waals surface area contributed by atoms with E-state index < -0.39 is 0 Å². The van der Waals surface area contributed by atoms with Crippen LogP contribution >= 0.6 is 0 Å². The van der Waals surface area contributed by atoms with Crippen molar-refractivity contribution >= 4 is 11.7 Å². The predicted molar refractivity (Wildman–Crippen MR) is 116 cm³/mol. The highest BCUT2D eigenvalue weighted by Gasteiger charge is 2.25. The second-order valence-electron chi connectivity index (χ2n) is 7.95. The normalized spacial score (nSPS) is 17.6. The van der Waals surface area contributed by atoms with E-state index in [1.54, 1.807) is 32.5 Å². The molecule has 10 heteroatoms. The number of hydrogen-bond acceptors (Lipinski definition) is 7. The largest absolute Gasteiger partial charge is 0.506 e. The van der Waals surface area contributed by atoms with Gasteiger partial charge in [-0.3, -0.25) is 19.6 Å². The molecule has 1 saturated carbocycles. The Labute approximate surface area is 186 Å². The van der Waals surface area contributed by atoms with Crippen LogP contribution < -0.4 is 5.32 Å². The second kappa shape index (κ2) is 9.92. The van der Waals surface area contributed by atoms with Crippen LogP contribution in [0, 0.1) is 0 Å². The Morgan fingerprint density at radius 3 is 2.91 bits per heavy atom. The maximum Gasteiger partial charge on any atom is 0.275 e. The quantitative estimate of drug-likeness (QED) is 0.537. The Morgan fingerprint density at radius 1 is 1.38 bits per heavy atom. The summed E-state index contributed by atoms with van der Waals surface area (Å²) in [6.45, 7) is 1.13. The summed E-state index contributed by atoms with van der Waals surface area (Å²) in [5.74, 6) is 1.18. The van der Waals surface area contributed by atoms with Gasteiger partial charge in [-0.2, -0.15) is 10.2 Å². The Bertz CT molecular complexity index is 1050. The minimum Gasteiger partial charge on any atom is -0.506 e. The summed E-state index contributed by atoms with van der Waals surface area (Å²) in [7, 11) is 3.31. The number of ether oxygens (including phenoxy) is 2. The molecule has 1 aliphatic heterocycles. The lowest BCUT2D eigenvalue weighted by atomic mass is 10.2. The van der Waals surface area contributed by atoms with Crippen molar-refractivity contribution in [1.29, 1.82) is 0 Å². The number of H-pyrrole nitrogens is 1. The minimum atomic E-state index is -0.261. The molecule has 0 aromatic carbocycles. The van der Waals surface area contributed by atoms with Crippen LogP contribution in [0.3, 0.4) is 0 Å². The van der Waals surface area contributed by atoms with Crippen molar-refractivity contribution in [2.24, 2.45) is 7.05 Å². The number of pyridine rings is 1. The third kappa shape index (κ3) is 5.32. The summed E-state index contributed by atoms with van der Waals surface area (Å²) < 4.78 is 12.1. The van der Waals surface area contributed by atoms with E-state index in [2.05, 4.69) is 25.6 Å². The molecule has 170 valence electrons. The molecule has 3 aromatic rings. The predicted octanol–water partition coefficient (Wildman–Crippen LogP) is 3.06. The number of aromatic hydroxyl groups is 1. The van der Waals surface area contributed by atoms with E-state index in [-0.39, 0.29) is 12.0 Å². The molecule has 10 nitrogen and oxygen atoms in total. The van der Waals surface area contributed by atoms with Gasteiger partial charge in [0.15, 0.2) is 5.82 Å². The Kier molecular flexibility index (Phi) is 6.81. The Balaban J connectivity index is 0.000000203. The number of aryl methyl sites for hydroxylation is 1. The average molecular weight is 441 g/mol. The molecule has 1 saturated heterocycles. The van der Waals surface area contributed by atoms with E-state index in [1.165, 1.54) is 23.7 Å². The second-order valence-corrected chi connectivity index (χ2v) is 7.95. The molecule has 1 amide bonds. The van der Waals surface area contributed by atoms with Crippen LogP contribution in [0.15, 0.2) is 30.6 Å². The van der Waals surface area contributed by atoms with Gasteiger partial charge in [-0.25, -0.2) is 0 Å². The molecule has 1 atom stereocenters. The third-order valence-electron chi connectivity index (χ3n) is 5.42. The highest BCUT2D eigenvalue weighted by Crippen LogP contribution is 2.43. The number of carbonyl (C=O) groups is 1. The molecule has 2 aliphatic rings. The first-order valence-electron chi connectivity index (χ1n) is 10.7. The fourth-order valence-electron chi connectivity index (χ4n) is 3.66. The van der Waals surface area contributed by atoms with Crippen LogP contribution in [0.5, 0.6) is 5.75 Å². The lowest BCUT2D eigenvalue weighted by Crippen LogP contribution is -2.16. The lowest BCUT2D eigenvalue weighted by molar-refractivity contribution is 0.101. The summed E-state index contributed by atoms with van der Waals surface area (Å²) in [6.07, 6.45) is 7.74. The summed E-state index contributed by atoms with van der Waals surface area (Å²) >= 11 is 0. The molecule has 0 bridgehead atoms. The van der Waals surface area contributed by atoms with Crippen LogP contribution in [-0.2, 0) is 23.1 Å². The van der Waals surface area contributed by atoms with Gasteiger partial charge in [0.2, 0.25) is 0 Å². The Hall–Kier alpha value is -3.24. The fraction of sp³-hybridized carbons (Fsp3) is 0.455. The Morgan fingerprint density at radius 2 is 2.22 bits per heavy atom. The number of carbonyl (C=O) groups excluding carboxylic acids is 1. The van der Waals surface area contributed by atoms with Crippen molar-refractivity contribution in [1.82, 2.24) is 25.0 Å². The van der Waals surface area contributed by atoms with Crippen molar-refractivity contribution in [3.63, 3.8) is 0 Å². The van der Waals surface area contributed by atoms with Crippen molar-refractivity contribution in [2.45, 2.75) is 44.3 Å². The highest BCUT2D eigenvalue weighted by molar-refractivity contribution is 6.02. The molecule has 4 heterocycles. The van der Waals surface area contributed by atoms with E-state index >= 15 is 0 Å². The van der Waals surface area contributed by atoms with Gasteiger partial charge in [-0.1, -0.05) is 0 Å². The van der Waals surface area contributed by atoms with Gasteiger partial charge in [0, 0.05) is 38.6 Å². The molecular weight excluding hydrogens is 412 g/mol. The van der Waals surface area contributed by atoms with Gasteiger partial charge in [0.1, 0.15) is 11.4 Å². The number of nitrogens with zero attached hydrogens (tertiary/aromatic N) is 4. The summed E-state index contributed by atoms with van der Waals surface area (Å²) in [6, 6.07) is 5.40. The van der Waals surface area contributed by atoms with E-state index in [0.717, 1.165) is 30.7 Å². The van der Waals surface area contributed by atoms with Gasteiger partial charge in [-0.05, 0) is 43.7 Å². The van der Waals surface area contributed by atoms with Crippen molar-refractivity contribution in [3.05, 3.63) is 53.2 Å². The number of anilines is 1. The molecule has 0 unspecified atom stereocenters. The number of methoxy groups -OCH3 is 1. The first-order chi connectivity index (χ1) is 15.5. The SMILES string of the molecule is COCc1cc(C(=O)Nc2cc([C@@H]3CCCO3)[nH]n2)n(C)n1.Oc1cnccc1C1CC1. The number of nitrogens with one attached hydrogen (secondary N) is 2. The van der Waals surface area contributed by atoms with E-state index in [9.17, 15) is 9.90 Å². The number of aromatic nitrogens is 5. The zero-order valence-electron chi connectivity index (χ0n) is 18.2.